The largest absolute Gasteiger partial charge is 0.300 e. The van der Waals surface area contributed by atoms with Crippen molar-refractivity contribution in [3.8, 4) is 0 Å². The summed E-state index contributed by atoms with van der Waals surface area (Å²) in [5.74, 6) is -0.173. The fraction of sp³-hybridized carbons (Fsp3) is 0.417. The van der Waals surface area contributed by atoms with Gasteiger partial charge in [-0.15, -0.1) is 0 Å². The number of hydrogen-bond donors (Lipinski definition) is 1. The Morgan fingerprint density at radius 2 is 1.83 bits per heavy atom. The second-order valence-electron chi connectivity index (χ2n) is 4.49. The number of nitrogens with zero attached hydrogens (tertiary/aromatic N) is 3. The molecular formula is C12H16N4O2. The lowest BCUT2D eigenvalue weighted by Crippen LogP contribution is -2.20. The Kier molecular flexibility index (Phi) is 2.73. The van der Waals surface area contributed by atoms with Crippen LogP contribution in [-0.4, -0.2) is 33.5 Å². The molecule has 0 saturated carbocycles. The van der Waals surface area contributed by atoms with E-state index in [2.05, 4.69) is 10.2 Å². The van der Waals surface area contributed by atoms with E-state index in [1.54, 1.807) is 27.9 Å². The van der Waals surface area contributed by atoms with E-state index in [4.69, 9.17) is 0 Å². The van der Waals surface area contributed by atoms with Gasteiger partial charge in [-0.25, -0.2) is 5.01 Å². The lowest BCUT2D eigenvalue weighted by atomic mass is 9.99. The molecular weight excluding hydrogens is 232 g/mol. The van der Waals surface area contributed by atoms with E-state index in [1.807, 2.05) is 6.92 Å². The van der Waals surface area contributed by atoms with E-state index in [0.29, 0.717) is 22.4 Å². The molecule has 6 nitrogen and oxygen atoms in total. The molecule has 0 fully saturated rings. The predicted molar refractivity (Wildman–Crippen MR) is 69.2 cm³/mol. The van der Waals surface area contributed by atoms with Crippen LogP contribution < -0.4 is 5.56 Å². The van der Waals surface area contributed by atoms with Crippen molar-refractivity contribution in [2.45, 2.75) is 20.8 Å². The highest BCUT2D eigenvalue weighted by Crippen LogP contribution is 2.24. The predicted octanol–water partition coefficient (Wildman–Crippen LogP) is 0.643. The van der Waals surface area contributed by atoms with E-state index in [9.17, 15) is 9.59 Å². The van der Waals surface area contributed by atoms with Gasteiger partial charge in [-0.05, 0) is 26.3 Å². The van der Waals surface area contributed by atoms with Crippen LogP contribution in [-0.2, 0) is 11.8 Å². The standard InChI is InChI=1S/C12H16N4O2/c1-6(9-7(2)13-15(4)11(9)17)10-8(3)14-16(5)12(10)18/h13H,1-5H3/b10-6-. The summed E-state index contributed by atoms with van der Waals surface area (Å²) in [4.78, 5) is 24.0. The molecule has 0 atom stereocenters. The summed E-state index contributed by atoms with van der Waals surface area (Å²) in [5, 5.41) is 8.31. The molecule has 1 amide bonds. The van der Waals surface area contributed by atoms with Crippen molar-refractivity contribution in [2.75, 3.05) is 7.05 Å². The lowest BCUT2D eigenvalue weighted by Gasteiger charge is -2.05. The second-order valence-corrected chi connectivity index (χ2v) is 4.49. The molecule has 2 heterocycles. The van der Waals surface area contributed by atoms with E-state index in [-0.39, 0.29) is 11.5 Å². The maximum Gasteiger partial charge on any atom is 0.275 e. The van der Waals surface area contributed by atoms with Crippen LogP contribution in [0, 0.1) is 6.92 Å². The maximum atomic E-state index is 12.0. The molecule has 1 aromatic heterocycles. The van der Waals surface area contributed by atoms with Crippen molar-refractivity contribution in [1.29, 1.82) is 0 Å². The number of nitrogens with one attached hydrogen (secondary N) is 1. The molecule has 1 aromatic rings. The number of hydrazone groups is 1. The van der Waals surface area contributed by atoms with E-state index in [0.717, 1.165) is 5.69 Å². The third kappa shape index (κ3) is 1.61. The van der Waals surface area contributed by atoms with Crippen molar-refractivity contribution in [1.82, 2.24) is 14.8 Å². The second kappa shape index (κ2) is 3.97. The number of aromatic amines is 1. The summed E-state index contributed by atoms with van der Waals surface area (Å²) in [6.07, 6.45) is 0. The van der Waals surface area contributed by atoms with Gasteiger partial charge in [0.25, 0.3) is 11.5 Å². The third-order valence-electron chi connectivity index (χ3n) is 3.15. The van der Waals surface area contributed by atoms with Crippen LogP contribution in [0.3, 0.4) is 0 Å². The SMILES string of the molecule is CC1=NN(C)C(=O)/C1=C(/C)c1c(C)[nH]n(C)c1=O. The minimum Gasteiger partial charge on any atom is -0.300 e. The van der Waals surface area contributed by atoms with Crippen molar-refractivity contribution in [2.24, 2.45) is 12.1 Å². The van der Waals surface area contributed by atoms with Crippen LogP contribution in [0.2, 0.25) is 0 Å². The van der Waals surface area contributed by atoms with Crippen LogP contribution in [0.5, 0.6) is 0 Å². The van der Waals surface area contributed by atoms with Crippen molar-refractivity contribution < 1.29 is 4.79 Å². The van der Waals surface area contributed by atoms with Crippen molar-refractivity contribution >= 4 is 17.2 Å². The van der Waals surface area contributed by atoms with Crippen LogP contribution in [0.15, 0.2) is 15.5 Å². The molecule has 0 aliphatic carbocycles. The number of likely N-dealkylation sites (N-methyl/N-ethyl adjacent to an activating group) is 1. The molecule has 1 N–H and O–H groups in total. The van der Waals surface area contributed by atoms with Crippen LogP contribution in [0.4, 0.5) is 0 Å². The van der Waals surface area contributed by atoms with Gasteiger partial charge in [0.1, 0.15) is 0 Å². The summed E-state index contributed by atoms with van der Waals surface area (Å²) in [6, 6.07) is 0. The number of carbonyl (C=O) groups is 1. The van der Waals surface area contributed by atoms with E-state index < -0.39 is 0 Å². The Morgan fingerprint density at radius 3 is 2.22 bits per heavy atom. The number of amides is 1. The summed E-state index contributed by atoms with van der Waals surface area (Å²) >= 11 is 0. The van der Waals surface area contributed by atoms with Crippen LogP contribution in [0.25, 0.3) is 5.57 Å². The molecule has 1 aliphatic heterocycles. The quantitative estimate of drug-likeness (QED) is 0.741. The summed E-state index contributed by atoms with van der Waals surface area (Å²) in [5.41, 5.74) is 2.99. The minimum atomic E-state index is -0.173. The zero-order valence-corrected chi connectivity index (χ0v) is 11.2. The normalized spacial score (nSPS) is 18.4. The Morgan fingerprint density at radius 1 is 1.22 bits per heavy atom. The van der Waals surface area contributed by atoms with Crippen LogP contribution in [0.1, 0.15) is 25.1 Å². The number of hydrogen-bond acceptors (Lipinski definition) is 3. The number of carbonyl (C=O) groups excluding carboxylic acids is 1. The molecule has 18 heavy (non-hydrogen) atoms. The molecule has 0 spiro atoms. The minimum absolute atomic E-state index is 0.132. The summed E-state index contributed by atoms with van der Waals surface area (Å²) in [7, 11) is 3.26. The zero-order chi connectivity index (χ0) is 13.6. The van der Waals surface area contributed by atoms with Crippen LogP contribution >= 0.6 is 0 Å². The van der Waals surface area contributed by atoms with E-state index >= 15 is 0 Å². The first-order valence-corrected chi connectivity index (χ1v) is 5.65. The number of aryl methyl sites for hydroxylation is 2. The van der Waals surface area contributed by atoms with Gasteiger partial charge < -0.3 is 0 Å². The molecule has 0 bridgehead atoms. The van der Waals surface area contributed by atoms with Gasteiger partial charge in [0.05, 0.1) is 16.8 Å². The number of H-pyrrole nitrogens is 1. The Labute approximate surface area is 105 Å². The van der Waals surface area contributed by atoms with Gasteiger partial charge in [0, 0.05) is 19.8 Å². The monoisotopic (exact) mass is 248 g/mol. The van der Waals surface area contributed by atoms with Crippen molar-refractivity contribution in [3.63, 3.8) is 0 Å². The average Bonchev–Trinajstić information content (AvgIpc) is 2.66. The molecule has 2 rings (SSSR count). The Hall–Kier alpha value is -2.11. The lowest BCUT2D eigenvalue weighted by molar-refractivity contribution is -0.124. The molecule has 6 heteroatoms. The number of allylic oxidation sites excluding steroid dienone is 1. The Balaban J connectivity index is 2.69. The Bertz CT molecular complexity index is 646. The first kappa shape index (κ1) is 12.3. The smallest absolute Gasteiger partial charge is 0.275 e. The van der Waals surface area contributed by atoms with Gasteiger partial charge in [-0.2, -0.15) is 5.10 Å². The average molecular weight is 248 g/mol. The molecule has 0 saturated heterocycles. The van der Waals surface area contributed by atoms with Gasteiger partial charge in [-0.3, -0.25) is 19.4 Å². The highest BCUT2D eigenvalue weighted by atomic mass is 16.2. The van der Waals surface area contributed by atoms with Gasteiger partial charge in [-0.1, -0.05) is 0 Å². The molecule has 96 valence electrons. The first-order valence-electron chi connectivity index (χ1n) is 5.65. The highest BCUT2D eigenvalue weighted by molar-refractivity contribution is 6.28. The number of rotatable bonds is 1. The number of aromatic nitrogens is 2. The summed E-state index contributed by atoms with van der Waals surface area (Å²) < 4.78 is 1.41. The summed E-state index contributed by atoms with van der Waals surface area (Å²) in [6.45, 7) is 5.37. The highest BCUT2D eigenvalue weighted by Gasteiger charge is 2.28. The molecule has 0 unspecified atom stereocenters. The zero-order valence-electron chi connectivity index (χ0n) is 11.2. The first-order chi connectivity index (χ1) is 8.34. The molecule has 0 radical (unpaired) electrons. The van der Waals surface area contributed by atoms with Crippen molar-refractivity contribution in [3.05, 3.63) is 27.2 Å². The molecule has 0 aromatic carbocycles. The van der Waals surface area contributed by atoms with Gasteiger partial charge in [0.15, 0.2) is 0 Å². The van der Waals surface area contributed by atoms with Gasteiger partial charge in [0.2, 0.25) is 0 Å². The fourth-order valence-corrected chi connectivity index (χ4v) is 2.32. The molecule has 1 aliphatic rings. The third-order valence-corrected chi connectivity index (χ3v) is 3.15. The topological polar surface area (TPSA) is 70.5 Å². The fourth-order valence-electron chi connectivity index (χ4n) is 2.32. The maximum absolute atomic E-state index is 12.0. The van der Waals surface area contributed by atoms with Gasteiger partial charge >= 0.3 is 0 Å². The van der Waals surface area contributed by atoms with E-state index in [1.165, 1.54) is 9.69 Å².